The highest BCUT2D eigenvalue weighted by Gasteiger charge is 2.44. The van der Waals surface area contributed by atoms with Crippen LogP contribution in [0.15, 0.2) is 46.9 Å². The quantitative estimate of drug-likeness (QED) is 0.254. The van der Waals surface area contributed by atoms with Gasteiger partial charge < -0.3 is 18.9 Å². The maximum absolute atomic E-state index is 12.1. The van der Waals surface area contributed by atoms with E-state index >= 15 is 0 Å². The summed E-state index contributed by atoms with van der Waals surface area (Å²) in [5.41, 5.74) is 2.96. The first-order valence-electron chi connectivity index (χ1n) is 12.0. The molecular formula is C28H29BrO7S. The van der Waals surface area contributed by atoms with Gasteiger partial charge in [-0.05, 0) is 47.2 Å². The van der Waals surface area contributed by atoms with E-state index < -0.39 is 42.3 Å². The van der Waals surface area contributed by atoms with Crippen molar-refractivity contribution in [2.75, 3.05) is 6.61 Å². The van der Waals surface area contributed by atoms with Crippen molar-refractivity contribution in [2.45, 2.75) is 65.0 Å². The molecule has 1 fully saturated rings. The van der Waals surface area contributed by atoms with Crippen molar-refractivity contribution in [3.8, 4) is 0 Å². The molecule has 7 nitrogen and oxygen atoms in total. The number of fused-ring (bicyclic) bond motifs is 1. The summed E-state index contributed by atoms with van der Waals surface area (Å²) in [4.78, 5) is 36.6. The number of carbonyl (C=O) groups is 3. The lowest BCUT2D eigenvalue weighted by Crippen LogP contribution is -2.49. The van der Waals surface area contributed by atoms with E-state index in [1.165, 1.54) is 35.7 Å². The van der Waals surface area contributed by atoms with E-state index in [9.17, 15) is 14.4 Å². The van der Waals surface area contributed by atoms with E-state index in [-0.39, 0.29) is 13.0 Å². The van der Waals surface area contributed by atoms with Gasteiger partial charge >= 0.3 is 17.9 Å². The van der Waals surface area contributed by atoms with Gasteiger partial charge in [-0.3, -0.25) is 14.4 Å². The lowest BCUT2D eigenvalue weighted by molar-refractivity contribution is -0.214. The van der Waals surface area contributed by atoms with Gasteiger partial charge in [-0.15, -0.1) is 11.3 Å². The van der Waals surface area contributed by atoms with Gasteiger partial charge in [-0.25, -0.2) is 0 Å². The van der Waals surface area contributed by atoms with Crippen LogP contribution in [-0.4, -0.2) is 42.8 Å². The Labute approximate surface area is 228 Å². The predicted octanol–water partition coefficient (Wildman–Crippen LogP) is 5.82. The third-order valence-corrected chi connectivity index (χ3v) is 8.00. The fraction of sp³-hybridized carbons (Fsp3) is 0.393. The van der Waals surface area contributed by atoms with E-state index in [2.05, 4.69) is 34.1 Å². The summed E-state index contributed by atoms with van der Waals surface area (Å²) in [5.74, 6) is -1.45. The smallest absolute Gasteiger partial charge is 0.303 e. The number of ether oxygens (including phenoxy) is 4. The van der Waals surface area contributed by atoms with E-state index in [4.69, 9.17) is 18.9 Å². The van der Waals surface area contributed by atoms with Crippen molar-refractivity contribution in [1.82, 2.24) is 0 Å². The minimum atomic E-state index is -0.869. The molecule has 9 heteroatoms. The monoisotopic (exact) mass is 588 g/mol. The summed E-state index contributed by atoms with van der Waals surface area (Å²) in [7, 11) is 0. The van der Waals surface area contributed by atoms with Gasteiger partial charge in [0.05, 0.1) is 6.10 Å². The van der Waals surface area contributed by atoms with Crippen molar-refractivity contribution in [1.29, 1.82) is 0 Å². The third-order valence-electron chi connectivity index (χ3n) is 6.19. The molecule has 1 aliphatic heterocycles. The second-order valence-corrected chi connectivity index (χ2v) is 11.2. The molecule has 3 aromatic rings. The molecule has 0 N–H and O–H groups in total. The van der Waals surface area contributed by atoms with Gasteiger partial charge in [0, 0.05) is 47.7 Å². The lowest BCUT2D eigenvalue weighted by Gasteiger charge is -2.41. The number of halogens is 1. The number of carbonyl (C=O) groups excluding carboxylic acids is 3. The molecule has 0 aliphatic carbocycles. The first-order chi connectivity index (χ1) is 17.6. The van der Waals surface area contributed by atoms with Crippen LogP contribution in [0.4, 0.5) is 0 Å². The van der Waals surface area contributed by atoms with Gasteiger partial charge in [-0.1, -0.05) is 40.2 Å². The van der Waals surface area contributed by atoms with Crippen LogP contribution < -0.4 is 0 Å². The summed E-state index contributed by atoms with van der Waals surface area (Å²) in [6, 6.07) is 14.5. The molecular weight excluding hydrogens is 560 g/mol. The molecule has 0 amide bonds. The molecule has 0 saturated carbocycles. The topological polar surface area (TPSA) is 88.1 Å². The van der Waals surface area contributed by atoms with Crippen molar-refractivity contribution >= 4 is 55.3 Å². The van der Waals surface area contributed by atoms with Crippen molar-refractivity contribution in [3.63, 3.8) is 0 Å². The Balaban J connectivity index is 1.71. The fourth-order valence-corrected chi connectivity index (χ4v) is 6.38. The standard InChI is InChI=1S/C28H29BrO7S/c1-15-9-24(29)23(12-20(15)11-22-10-19-7-5-6-8-26(19)37-22)27-28(35-18(4)32)25(34-17(3)31)13-21(36-27)14-33-16(2)30/h5-10,12,21,25,27-28H,11,13-14H2,1-4H3. The summed E-state index contributed by atoms with van der Waals surface area (Å²) in [6.07, 6.45) is -1.99. The van der Waals surface area contributed by atoms with Gasteiger partial charge in [0.2, 0.25) is 0 Å². The maximum Gasteiger partial charge on any atom is 0.303 e. The highest BCUT2D eigenvalue weighted by atomic mass is 79.9. The molecule has 0 bridgehead atoms. The lowest BCUT2D eigenvalue weighted by atomic mass is 9.90. The molecule has 1 aliphatic rings. The summed E-state index contributed by atoms with van der Waals surface area (Å²) >= 11 is 5.42. The maximum atomic E-state index is 12.1. The van der Waals surface area contributed by atoms with Crippen LogP contribution in [0.5, 0.6) is 0 Å². The van der Waals surface area contributed by atoms with Crippen LogP contribution in [0.2, 0.25) is 0 Å². The predicted molar refractivity (Wildman–Crippen MR) is 143 cm³/mol. The van der Waals surface area contributed by atoms with Crippen LogP contribution in [0.3, 0.4) is 0 Å². The Bertz CT molecular complexity index is 1280. The number of thiophene rings is 1. The van der Waals surface area contributed by atoms with Gasteiger partial charge in [0.15, 0.2) is 6.10 Å². The second kappa shape index (κ2) is 11.8. The summed E-state index contributed by atoms with van der Waals surface area (Å²) in [5, 5.41) is 1.21. The van der Waals surface area contributed by atoms with Crippen molar-refractivity contribution in [2.24, 2.45) is 0 Å². The third kappa shape index (κ3) is 6.77. The molecule has 4 unspecified atom stereocenters. The van der Waals surface area contributed by atoms with E-state index in [0.717, 1.165) is 27.6 Å². The Morgan fingerprint density at radius 2 is 1.76 bits per heavy atom. The van der Waals surface area contributed by atoms with Gasteiger partial charge in [-0.2, -0.15) is 0 Å². The number of rotatable bonds is 7. The first kappa shape index (κ1) is 27.3. The van der Waals surface area contributed by atoms with Crippen LogP contribution in [0.25, 0.3) is 10.1 Å². The second-order valence-electron chi connectivity index (χ2n) is 9.17. The average molecular weight is 590 g/mol. The Morgan fingerprint density at radius 3 is 2.43 bits per heavy atom. The molecule has 1 saturated heterocycles. The molecule has 37 heavy (non-hydrogen) atoms. The number of benzene rings is 2. The van der Waals surface area contributed by atoms with Crippen LogP contribution in [0.1, 0.15) is 54.9 Å². The Kier molecular flexibility index (Phi) is 8.67. The molecule has 2 aromatic carbocycles. The van der Waals surface area contributed by atoms with E-state index in [1.54, 1.807) is 11.3 Å². The number of hydrogen-bond acceptors (Lipinski definition) is 8. The average Bonchev–Trinajstić information content (AvgIpc) is 3.22. The molecule has 2 heterocycles. The zero-order chi connectivity index (χ0) is 26.7. The molecule has 0 spiro atoms. The minimum Gasteiger partial charge on any atom is -0.463 e. The summed E-state index contributed by atoms with van der Waals surface area (Å²) < 4.78 is 24.8. The van der Waals surface area contributed by atoms with E-state index in [1.807, 2.05) is 31.2 Å². The van der Waals surface area contributed by atoms with Crippen LogP contribution in [-0.2, 0) is 39.8 Å². The van der Waals surface area contributed by atoms with Gasteiger partial charge in [0.1, 0.15) is 18.8 Å². The first-order valence-corrected chi connectivity index (χ1v) is 13.6. The number of esters is 3. The van der Waals surface area contributed by atoms with E-state index in [0.29, 0.717) is 0 Å². The molecule has 4 rings (SSSR count). The molecule has 196 valence electrons. The fourth-order valence-electron chi connectivity index (χ4n) is 4.61. The highest BCUT2D eigenvalue weighted by molar-refractivity contribution is 9.10. The normalized spacial score (nSPS) is 21.4. The Morgan fingerprint density at radius 1 is 1.03 bits per heavy atom. The summed E-state index contributed by atoms with van der Waals surface area (Å²) in [6.45, 7) is 5.98. The molecule has 1 aromatic heterocycles. The Hall–Kier alpha value is -2.75. The van der Waals surface area contributed by atoms with Crippen molar-refractivity contribution in [3.05, 3.63) is 68.5 Å². The largest absolute Gasteiger partial charge is 0.463 e. The minimum absolute atomic E-state index is 0.00544. The highest BCUT2D eigenvalue weighted by Crippen LogP contribution is 2.40. The number of hydrogen-bond donors (Lipinski definition) is 0. The SMILES string of the molecule is CC(=O)OCC1CC(OC(C)=O)C(OC(C)=O)C(c2cc(Cc3cc4ccccc4s3)c(C)cc2Br)O1. The zero-order valence-electron chi connectivity index (χ0n) is 21.1. The van der Waals surface area contributed by atoms with Crippen LogP contribution in [0, 0.1) is 6.92 Å². The zero-order valence-corrected chi connectivity index (χ0v) is 23.5. The molecule has 4 atom stereocenters. The molecule has 0 radical (unpaired) electrons. The van der Waals surface area contributed by atoms with Gasteiger partial charge in [0.25, 0.3) is 0 Å². The van der Waals surface area contributed by atoms with Crippen LogP contribution >= 0.6 is 27.3 Å². The number of aryl methyl sites for hydroxylation is 1. The van der Waals surface area contributed by atoms with Crippen molar-refractivity contribution < 1.29 is 33.3 Å².